The predicted molar refractivity (Wildman–Crippen MR) is 89.9 cm³/mol. The Bertz CT molecular complexity index is 885. The monoisotopic (exact) mass is 356 g/mol. The Hall–Kier alpha value is -2.40. The van der Waals surface area contributed by atoms with Crippen molar-refractivity contribution in [2.75, 3.05) is 0 Å². The summed E-state index contributed by atoms with van der Waals surface area (Å²) < 4.78 is 0.989. The molecular weight excluding hydrogens is 344 g/mol. The summed E-state index contributed by atoms with van der Waals surface area (Å²) in [6.45, 7) is 0.410. The molecule has 0 aliphatic heterocycles. The van der Waals surface area contributed by atoms with Gasteiger partial charge >= 0.3 is 0 Å². The smallest absolute Gasteiger partial charge is 0.252 e. The Morgan fingerprint density at radius 3 is 2.59 bits per heavy atom. The zero-order valence-corrected chi connectivity index (χ0v) is 13.2. The fourth-order valence-electron chi connectivity index (χ4n) is 2.27. The van der Waals surface area contributed by atoms with Crippen molar-refractivity contribution in [2.24, 2.45) is 0 Å². The lowest BCUT2D eigenvalue weighted by atomic mass is 10.1. The number of hydrogen-bond donors (Lipinski definition) is 2. The second-order valence-corrected chi connectivity index (χ2v) is 5.82. The molecule has 0 bridgehead atoms. The van der Waals surface area contributed by atoms with Crippen molar-refractivity contribution in [3.8, 4) is 0 Å². The minimum absolute atomic E-state index is 0.259. The topological polar surface area (TPSA) is 62.0 Å². The van der Waals surface area contributed by atoms with Crippen molar-refractivity contribution in [2.45, 2.75) is 6.54 Å². The first-order valence-electron chi connectivity index (χ1n) is 6.78. The average molecular weight is 357 g/mol. The van der Waals surface area contributed by atoms with Crippen LogP contribution in [-0.2, 0) is 6.54 Å². The molecule has 2 aromatic carbocycles. The van der Waals surface area contributed by atoms with Crippen LogP contribution < -0.4 is 10.9 Å². The van der Waals surface area contributed by atoms with Crippen LogP contribution in [0, 0.1) is 0 Å². The number of benzene rings is 2. The SMILES string of the molecule is O=C(NCc1ccc(Br)cc1)c1cc(=O)[nH]c2ccccc12. The number of halogens is 1. The highest BCUT2D eigenvalue weighted by Crippen LogP contribution is 2.15. The summed E-state index contributed by atoms with van der Waals surface area (Å²) in [4.78, 5) is 26.8. The van der Waals surface area contributed by atoms with Gasteiger partial charge in [-0.15, -0.1) is 0 Å². The largest absolute Gasteiger partial charge is 0.348 e. The highest BCUT2D eigenvalue weighted by molar-refractivity contribution is 9.10. The predicted octanol–water partition coefficient (Wildman–Crippen LogP) is 3.22. The molecule has 22 heavy (non-hydrogen) atoms. The summed E-state index contributed by atoms with van der Waals surface area (Å²) in [5.74, 6) is -0.259. The molecule has 3 aromatic rings. The molecule has 1 aromatic heterocycles. The molecule has 0 radical (unpaired) electrons. The fourth-order valence-corrected chi connectivity index (χ4v) is 2.54. The number of rotatable bonds is 3. The highest BCUT2D eigenvalue weighted by atomic mass is 79.9. The third-order valence-electron chi connectivity index (χ3n) is 3.36. The van der Waals surface area contributed by atoms with Gasteiger partial charge < -0.3 is 10.3 Å². The van der Waals surface area contributed by atoms with Gasteiger partial charge in [0.25, 0.3) is 5.91 Å². The van der Waals surface area contributed by atoms with Crippen LogP contribution >= 0.6 is 15.9 Å². The van der Waals surface area contributed by atoms with E-state index < -0.39 is 0 Å². The lowest BCUT2D eigenvalue weighted by molar-refractivity contribution is 0.0952. The number of H-pyrrole nitrogens is 1. The van der Waals surface area contributed by atoms with E-state index in [0.29, 0.717) is 17.6 Å². The Morgan fingerprint density at radius 2 is 1.82 bits per heavy atom. The molecule has 0 aliphatic rings. The van der Waals surface area contributed by atoms with Crippen molar-refractivity contribution in [3.63, 3.8) is 0 Å². The fraction of sp³-hybridized carbons (Fsp3) is 0.0588. The molecule has 2 N–H and O–H groups in total. The van der Waals surface area contributed by atoms with E-state index in [1.54, 1.807) is 6.07 Å². The van der Waals surface area contributed by atoms with E-state index >= 15 is 0 Å². The minimum Gasteiger partial charge on any atom is -0.348 e. The van der Waals surface area contributed by atoms with Gasteiger partial charge in [0.2, 0.25) is 5.56 Å². The van der Waals surface area contributed by atoms with E-state index in [9.17, 15) is 9.59 Å². The number of carbonyl (C=O) groups is 1. The van der Waals surface area contributed by atoms with Crippen molar-refractivity contribution >= 4 is 32.7 Å². The van der Waals surface area contributed by atoms with Gasteiger partial charge in [-0.05, 0) is 23.8 Å². The number of nitrogens with one attached hydrogen (secondary N) is 2. The lowest BCUT2D eigenvalue weighted by Gasteiger charge is -2.08. The normalized spacial score (nSPS) is 10.6. The lowest BCUT2D eigenvalue weighted by Crippen LogP contribution is -2.24. The van der Waals surface area contributed by atoms with Gasteiger partial charge in [-0.3, -0.25) is 9.59 Å². The zero-order chi connectivity index (χ0) is 15.5. The molecule has 0 fully saturated rings. The van der Waals surface area contributed by atoms with E-state index in [2.05, 4.69) is 26.2 Å². The standard InChI is InChI=1S/C17H13BrN2O2/c18-12-7-5-11(6-8-12)10-19-17(22)14-9-16(21)20-15-4-2-1-3-13(14)15/h1-9H,10H2,(H,19,22)(H,20,21). The summed E-state index contributed by atoms with van der Waals surface area (Å²) in [7, 11) is 0. The van der Waals surface area contributed by atoms with Gasteiger partial charge in [-0.1, -0.05) is 46.3 Å². The molecule has 0 saturated carbocycles. The zero-order valence-electron chi connectivity index (χ0n) is 11.6. The van der Waals surface area contributed by atoms with Crippen molar-refractivity contribution in [1.82, 2.24) is 10.3 Å². The number of aromatic amines is 1. The Morgan fingerprint density at radius 1 is 1.09 bits per heavy atom. The number of carbonyl (C=O) groups excluding carboxylic acids is 1. The van der Waals surface area contributed by atoms with Crippen molar-refractivity contribution < 1.29 is 4.79 Å². The van der Waals surface area contributed by atoms with Crippen LogP contribution in [0.15, 0.2) is 63.9 Å². The number of pyridine rings is 1. The first kappa shape index (κ1) is 14.5. The minimum atomic E-state index is -0.285. The maximum atomic E-state index is 12.4. The molecule has 4 nitrogen and oxygen atoms in total. The Balaban J connectivity index is 1.86. The van der Waals surface area contributed by atoms with Crippen LogP contribution in [0.5, 0.6) is 0 Å². The number of aromatic nitrogens is 1. The van der Waals surface area contributed by atoms with Gasteiger partial charge in [0.1, 0.15) is 0 Å². The molecule has 0 aliphatic carbocycles. The van der Waals surface area contributed by atoms with Crippen molar-refractivity contribution in [3.05, 3.63) is 80.6 Å². The van der Waals surface area contributed by atoms with E-state index in [0.717, 1.165) is 15.4 Å². The summed E-state index contributed by atoms with van der Waals surface area (Å²) in [6, 6.07) is 16.3. The maximum absolute atomic E-state index is 12.4. The summed E-state index contributed by atoms with van der Waals surface area (Å²) >= 11 is 3.37. The van der Waals surface area contributed by atoms with Crippen LogP contribution in [0.4, 0.5) is 0 Å². The Kier molecular flexibility index (Phi) is 4.06. The summed E-state index contributed by atoms with van der Waals surface area (Å²) in [5, 5.41) is 3.58. The van der Waals surface area contributed by atoms with Crippen LogP contribution in [0.3, 0.4) is 0 Å². The molecule has 3 rings (SSSR count). The first-order chi connectivity index (χ1) is 10.6. The number of fused-ring (bicyclic) bond motifs is 1. The number of para-hydroxylation sites is 1. The molecular formula is C17H13BrN2O2. The third kappa shape index (κ3) is 3.09. The van der Waals surface area contributed by atoms with E-state index in [4.69, 9.17) is 0 Å². The van der Waals surface area contributed by atoms with Crippen LogP contribution in [0.25, 0.3) is 10.9 Å². The van der Waals surface area contributed by atoms with Gasteiger partial charge in [0, 0.05) is 28.0 Å². The van der Waals surface area contributed by atoms with E-state index in [1.165, 1.54) is 6.07 Å². The summed E-state index contributed by atoms with van der Waals surface area (Å²) in [5.41, 5.74) is 1.75. The number of amides is 1. The highest BCUT2D eigenvalue weighted by Gasteiger charge is 2.11. The van der Waals surface area contributed by atoms with E-state index in [-0.39, 0.29) is 11.5 Å². The first-order valence-corrected chi connectivity index (χ1v) is 7.57. The molecule has 1 amide bonds. The van der Waals surface area contributed by atoms with Crippen molar-refractivity contribution in [1.29, 1.82) is 0 Å². The van der Waals surface area contributed by atoms with Gasteiger partial charge in [0.05, 0.1) is 5.56 Å². The maximum Gasteiger partial charge on any atom is 0.252 e. The number of hydrogen-bond acceptors (Lipinski definition) is 2. The molecule has 0 saturated heterocycles. The van der Waals surface area contributed by atoms with Crippen LogP contribution in [0.1, 0.15) is 15.9 Å². The van der Waals surface area contributed by atoms with E-state index in [1.807, 2.05) is 42.5 Å². The van der Waals surface area contributed by atoms with Gasteiger partial charge in [-0.2, -0.15) is 0 Å². The second-order valence-electron chi connectivity index (χ2n) is 4.90. The quantitative estimate of drug-likeness (QED) is 0.756. The molecule has 0 unspecified atom stereocenters. The molecule has 0 spiro atoms. The summed E-state index contributed by atoms with van der Waals surface area (Å²) in [6.07, 6.45) is 0. The molecule has 5 heteroatoms. The molecule has 110 valence electrons. The van der Waals surface area contributed by atoms with Crippen LogP contribution in [0.2, 0.25) is 0 Å². The second kappa shape index (κ2) is 6.15. The van der Waals surface area contributed by atoms with Gasteiger partial charge in [-0.25, -0.2) is 0 Å². The van der Waals surface area contributed by atoms with Gasteiger partial charge in [0.15, 0.2) is 0 Å². The Labute approximate surface area is 135 Å². The molecule has 0 atom stereocenters. The third-order valence-corrected chi connectivity index (χ3v) is 3.89. The van der Waals surface area contributed by atoms with Crippen LogP contribution in [-0.4, -0.2) is 10.9 Å². The molecule has 1 heterocycles. The average Bonchev–Trinajstić information content (AvgIpc) is 2.53.